The molecule has 2 heterocycles. The van der Waals surface area contributed by atoms with E-state index >= 15 is 4.39 Å². The Hall–Kier alpha value is -3.07. The predicted octanol–water partition coefficient (Wildman–Crippen LogP) is 4.96. The zero-order chi connectivity index (χ0) is 24.5. The molecule has 182 valence electrons. The summed E-state index contributed by atoms with van der Waals surface area (Å²) in [6.45, 7) is 6.21. The number of carbonyl (C=O) groups excluding carboxylic acids is 1. The number of rotatable bonds is 4. The van der Waals surface area contributed by atoms with Crippen LogP contribution in [0.4, 0.5) is 28.9 Å². The lowest BCUT2D eigenvalue weighted by atomic mass is 9.92. The minimum Gasteiger partial charge on any atom is -0.367 e. The lowest BCUT2D eigenvalue weighted by Crippen LogP contribution is -2.44. The largest absolute Gasteiger partial charge is 0.417 e. The van der Waals surface area contributed by atoms with E-state index < -0.39 is 29.0 Å². The van der Waals surface area contributed by atoms with Crippen molar-refractivity contribution in [2.45, 2.75) is 31.9 Å². The molecule has 5 nitrogen and oxygen atoms in total. The van der Waals surface area contributed by atoms with Gasteiger partial charge >= 0.3 is 6.18 Å². The van der Waals surface area contributed by atoms with Gasteiger partial charge in [0.1, 0.15) is 5.82 Å². The molecule has 34 heavy (non-hydrogen) atoms. The number of alkyl halides is 3. The summed E-state index contributed by atoms with van der Waals surface area (Å²) in [5, 5.41) is 5.22. The molecule has 0 atom stereocenters. The Morgan fingerprint density at radius 2 is 1.88 bits per heavy atom. The predicted molar refractivity (Wildman–Crippen MR) is 126 cm³/mol. The highest BCUT2D eigenvalue weighted by molar-refractivity contribution is 6.09. The van der Waals surface area contributed by atoms with Crippen LogP contribution in [0.25, 0.3) is 5.57 Å². The molecule has 0 aromatic heterocycles. The van der Waals surface area contributed by atoms with E-state index in [0.29, 0.717) is 30.0 Å². The maximum Gasteiger partial charge on any atom is 0.417 e. The number of anilines is 2. The van der Waals surface area contributed by atoms with Crippen molar-refractivity contribution in [1.82, 2.24) is 10.2 Å². The molecule has 4 rings (SSSR count). The van der Waals surface area contributed by atoms with Crippen molar-refractivity contribution in [2.75, 3.05) is 43.4 Å². The zero-order valence-electron chi connectivity index (χ0n) is 19.1. The summed E-state index contributed by atoms with van der Waals surface area (Å²) in [4.78, 5) is 17.2. The Morgan fingerprint density at radius 3 is 2.53 bits per heavy atom. The van der Waals surface area contributed by atoms with Crippen LogP contribution in [0.1, 0.15) is 31.2 Å². The number of benzene rings is 1. The average Bonchev–Trinajstić information content (AvgIpc) is 2.80. The van der Waals surface area contributed by atoms with Crippen LogP contribution in [-0.2, 0) is 4.79 Å². The van der Waals surface area contributed by atoms with Crippen molar-refractivity contribution in [3.63, 3.8) is 0 Å². The first-order chi connectivity index (χ1) is 16.1. The van der Waals surface area contributed by atoms with E-state index in [0.717, 1.165) is 56.6 Å². The Labute approximate surface area is 196 Å². The maximum atomic E-state index is 15.2. The van der Waals surface area contributed by atoms with Crippen LogP contribution in [-0.4, -0.2) is 50.2 Å². The van der Waals surface area contributed by atoms with Crippen LogP contribution in [0.2, 0.25) is 0 Å². The molecule has 1 aliphatic carbocycles. The van der Waals surface area contributed by atoms with E-state index in [-0.39, 0.29) is 5.70 Å². The van der Waals surface area contributed by atoms with Gasteiger partial charge in [0.2, 0.25) is 0 Å². The average molecular weight is 477 g/mol. The molecular formula is C25H28F4N4O. The minimum atomic E-state index is -4.73. The quantitative estimate of drug-likeness (QED) is 0.603. The standard InChI is InChI=1S/C25H28F4N4O/c1-16-12-20(25(27,28)29)19(15-30-16)24(34)31-22-13-18(17-6-4-3-5-7-17)21(26)14-23(22)33-10-8-32(2)9-11-33/h6,12-15,30H,1,3-5,7-11H2,2H3,(H,31,34). The summed E-state index contributed by atoms with van der Waals surface area (Å²) in [6, 6.07) is 2.95. The van der Waals surface area contributed by atoms with E-state index in [1.54, 1.807) is 6.07 Å². The van der Waals surface area contributed by atoms with E-state index in [2.05, 4.69) is 22.1 Å². The summed E-state index contributed by atoms with van der Waals surface area (Å²) < 4.78 is 56.0. The van der Waals surface area contributed by atoms with Crippen LogP contribution in [0.15, 0.2) is 53.9 Å². The highest BCUT2D eigenvalue weighted by Gasteiger charge is 2.40. The number of dihydropyridines is 1. The van der Waals surface area contributed by atoms with E-state index in [1.807, 2.05) is 18.0 Å². The van der Waals surface area contributed by atoms with Gasteiger partial charge in [-0.1, -0.05) is 12.7 Å². The van der Waals surface area contributed by atoms with Gasteiger partial charge in [-0.3, -0.25) is 4.79 Å². The summed E-state index contributed by atoms with van der Waals surface area (Å²) in [5.41, 5.74) is 0.405. The van der Waals surface area contributed by atoms with Crippen molar-refractivity contribution in [1.29, 1.82) is 0 Å². The molecule has 1 aromatic rings. The molecule has 1 saturated heterocycles. The molecule has 0 saturated carbocycles. The second-order valence-electron chi connectivity index (χ2n) is 8.85. The van der Waals surface area contributed by atoms with Crippen LogP contribution in [0, 0.1) is 5.82 Å². The molecule has 0 bridgehead atoms. The lowest BCUT2D eigenvalue weighted by molar-refractivity contribution is -0.115. The van der Waals surface area contributed by atoms with Crippen LogP contribution < -0.4 is 15.5 Å². The summed E-state index contributed by atoms with van der Waals surface area (Å²) in [5.74, 6) is -1.32. The summed E-state index contributed by atoms with van der Waals surface area (Å²) in [7, 11) is 1.99. The Bertz CT molecular complexity index is 1080. The maximum absolute atomic E-state index is 15.2. The molecular weight excluding hydrogens is 448 g/mol. The van der Waals surface area contributed by atoms with Crippen LogP contribution in [0.3, 0.4) is 0 Å². The summed E-state index contributed by atoms with van der Waals surface area (Å²) >= 11 is 0. The van der Waals surface area contributed by atoms with Gasteiger partial charge in [0.25, 0.3) is 5.91 Å². The number of amides is 1. The number of nitrogens with zero attached hydrogens (tertiary/aromatic N) is 2. The van der Waals surface area contributed by atoms with E-state index in [1.165, 1.54) is 6.07 Å². The minimum absolute atomic E-state index is 0.0373. The van der Waals surface area contributed by atoms with Gasteiger partial charge in [0, 0.05) is 43.6 Å². The fourth-order valence-corrected chi connectivity index (χ4v) is 4.45. The van der Waals surface area contributed by atoms with E-state index in [9.17, 15) is 18.0 Å². The van der Waals surface area contributed by atoms with Crippen molar-refractivity contribution in [3.05, 3.63) is 65.3 Å². The molecule has 2 aliphatic heterocycles. The highest BCUT2D eigenvalue weighted by Crippen LogP contribution is 2.38. The fourth-order valence-electron chi connectivity index (χ4n) is 4.45. The number of halogens is 4. The molecule has 1 fully saturated rings. The number of hydrogen-bond acceptors (Lipinski definition) is 4. The Balaban J connectivity index is 1.71. The monoisotopic (exact) mass is 476 g/mol. The number of hydrogen-bond donors (Lipinski definition) is 2. The SMILES string of the molecule is C=C1C=C(C(F)(F)F)C(C(=O)Nc2cc(C3=CCCCC3)c(F)cc2N2CCN(C)CC2)=CN1. The highest BCUT2D eigenvalue weighted by atomic mass is 19.4. The van der Waals surface area contributed by atoms with Crippen LogP contribution >= 0.6 is 0 Å². The third kappa shape index (κ3) is 5.19. The first-order valence-electron chi connectivity index (χ1n) is 11.4. The summed E-state index contributed by atoms with van der Waals surface area (Å²) in [6.07, 6.45) is 2.61. The first kappa shape index (κ1) is 24.1. The number of allylic oxidation sites excluding steroid dienone is 3. The fraction of sp³-hybridized carbons (Fsp3) is 0.400. The van der Waals surface area contributed by atoms with Crippen molar-refractivity contribution in [3.8, 4) is 0 Å². The molecule has 0 spiro atoms. The number of nitrogens with one attached hydrogen (secondary N) is 2. The molecule has 0 unspecified atom stereocenters. The molecule has 1 amide bonds. The third-order valence-corrected chi connectivity index (χ3v) is 6.38. The van der Waals surface area contributed by atoms with Gasteiger partial charge < -0.3 is 20.4 Å². The topological polar surface area (TPSA) is 47.6 Å². The molecule has 3 aliphatic rings. The molecule has 9 heteroatoms. The van der Waals surface area contributed by atoms with Gasteiger partial charge in [-0.25, -0.2) is 4.39 Å². The normalized spacial score (nSPS) is 19.7. The van der Waals surface area contributed by atoms with Crippen molar-refractivity contribution in [2.24, 2.45) is 0 Å². The Morgan fingerprint density at radius 1 is 1.15 bits per heavy atom. The van der Waals surface area contributed by atoms with Gasteiger partial charge in [0.15, 0.2) is 0 Å². The second kappa shape index (κ2) is 9.66. The van der Waals surface area contributed by atoms with Gasteiger partial charge in [0.05, 0.1) is 22.5 Å². The molecule has 0 radical (unpaired) electrons. The van der Waals surface area contributed by atoms with E-state index in [4.69, 9.17) is 0 Å². The van der Waals surface area contributed by atoms with Crippen molar-refractivity contribution < 1.29 is 22.4 Å². The number of carbonyl (C=O) groups is 1. The first-order valence-corrected chi connectivity index (χ1v) is 11.4. The second-order valence-corrected chi connectivity index (χ2v) is 8.85. The smallest absolute Gasteiger partial charge is 0.367 e. The zero-order valence-corrected chi connectivity index (χ0v) is 19.1. The van der Waals surface area contributed by atoms with Crippen molar-refractivity contribution >= 4 is 22.9 Å². The van der Waals surface area contributed by atoms with Crippen LogP contribution in [0.5, 0.6) is 0 Å². The van der Waals surface area contributed by atoms with Gasteiger partial charge in [-0.15, -0.1) is 0 Å². The molecule has 1 aromatic carbocycles. The number of likely N-dealkylation sites (N-methyl/N-ethyl adjacent to an activating group) is 1. The van der Waals surface area contributed by atoms with Gasteiger partial charge in [-0.05, 0) is 56.5 Å². The Kier molecular flexibility index (Phi) is 6.84. The molecule has 2 N–H and O–H groups in total. The lowest BCUT2D eigenvalue weighted by Gasteiger charge is -2.35. The number of piperazine rings is 1. The van der Waals surface area contributed by atoms with Gasteiger partial charge in [-0.2, -0.15) is 13.2 Å². The third-order valence-electron chi connectivity index (χ3n) is 6.38.